The summed E-state index contributed by atoms with van der Waals surface area (Å²) in [6, 6.07) is 6.70. The minimum Gasteiger partial charge on any atom is -0.298 e. The molecule has 0 aliphatic rings. The number of benzene rings is 1. The predicted molar refractivity (Wildman–Crippen MR) is 54.3 cm³/mol. The van der Waals surface area contributed by atoms with E-state index in [9.17, 15) is 13.6 Å². The van der Waals surface area contributed by atoms with Gasteiger partial charge < -0.3 is 0 Å². The molecule has 0 aliphatic carbocycles. The van der Waals surface area contributed by atoms with Gasteiger partial charge in [-0.15, -0.1) is 0 Å². The highest BCUT2D eigenvalue weighted by atomic mass is 19.3. The standard InChI is InChI=1S/C11H8F2N2O/c12-11(13)15-6-10(5-14-15)9-3-1-2-8(4-9)7-16/h1-7,11H. The van der Waals surface area contributed by atoms with Crippen LogP contribution in [0.25, 0.3) is 11.1 Å². The van der Waals surface area contributed by atoms with Crippen LogP contribution in [-0.2, 0) is 0 Å². The van der Waals surface area contributed by atoms with Crippen molar-refractivity contribution in [2.24, 2.45) is 0 Å². The molecule has 3 nitrogen and oxygen atoms in total. The summed E-state index contributed by atoms with van der Waals surface area (Å²) >= 11 is 0. The number of alkyl halides is 2. The third-order valence-corrected chi connectivity index (χ3v) is 2.16. The molecular formula is C11H8F2N2O. The third kappa shape index (κ3) is 1.98. The van der Waals surface area contributed by atoms with E-state index in [1.54, 1.807) is 24.3 Å². The van der Waals surface area contributed by atoms with Gasteiger partial charge in [-0.05, 0) is 11.6 Å². The SMILES string of the molecule is O=Cc1cccc(-c2cnn(C(F)F)c2)c1. The molecule has 16 heavy (non-hydrogen) atoms. The Bertz CT molecular complexity index is 508. The molecule has 5 heteroatoms. The second-order valence-electron chi connectivity index (χ2n) is 3.23. The van der Waals surface area contributed by atoms with Gasteiger partial charge in [0.2, 0.25) is 0 Å². The van der Waals surface area contributed by atoms with Crippen LogP contribution in [0.1, 0.15) is 16.9 Å². The van der Waals surface area contributed by atoms with Crippen molar-refractivity contribution in [3.05, 3.63) is 42.2 Å². The highest BCUT2D eigenvalue weighted by molar-refractivity contribution is 5.78. The highest BCUT2D eigenvalue weighted by Crippen LogP contribution is 2.21. The average Bonchev–Trinajstić information content (AvgIpc) is 2.78. The van der Waals surface area contributed by atoms with E-state index in [1.165, 1.54) is 12.4 Å². The van der Waals surface area contributed by atoms with Gasteiger partial charge in [0.15, 0.2) is 0 Å². The summed E-state index contributed by atoms with van der Waals surface area (Å²) in [6.45, 7) is -2.65. The largest absolute Gasteiger partial charge is 0.333 e. The van der Waals surface area contributed by atoms with Crippen LogP contribution in [0.3, 0.4) is 0 Å². The van der Waals surface area contributed by atoms with Gasteiger partial charge in [-0.25, -0.2) is 4.68 Å². The first-order valence-corrected chi connectivity index (χ1v) is 4.58. The lowest BCUT2D eigenvalue weighted by molar-refractivity contribution is 0.0566. The van der Waals surface area contributed by atoms with E-state index < -0.39 is 6.55 Å². The molecule has 2 rings (SSSR count). The number of rotatable bonds is 3. The van der Waals surface area contributed by atoms with Crippen LogP contribution in [0.5, 0.6) is 0 Å². The number of carbonyl (C=O) groups is 1. The average molecular weight is 222 g/mol. The summed E-state index contributed by atoms with van der Waals surface area (Å²) in [5.74, 6) is 0. The second kappa shape index (κ2) is 4.22. The molecule has 0 radical (unpaired) electrons. The van der Waals surface area contributed by atoms with Crippen molar-refractivity contribution < 1.29 is 13.6 Å². The number of aromatic nitrogens is 2. The van der Waals surface area contributed by atoms with Crippen LogP contribution in [0.2, 0.25) is 0 Å². The first kappa shape index (κ1) is 10.5. The van der Waals surface area contributed by atoms with Crippen LogP contribution in [0, 0.1) is 0 Å². The third-order valence-electron chi connectivity index (χ3n) is 2.16. The summed E-state index contributed by atoms with van der Waals surface area (Å²) in [5.41, 5.74) is 1.75. The van der Waals surface area contributed by atoms with E-state index in [-0.39, 0.29) is 0 Å². The highest BCUT2D eigenvalue weighted by Gasteiger charge is 2.08. The zero-order chi connectivity index (χ0) is 11.5. The lowest BCUT2D eigenvalue weighted by Gasteiger charge is -1.98. The van der Waals surface area contributed by atoms with Crippen molar-refractivity contribution in [3.8, 4) is 11.1 Å². The molecule has 0 aliphatic heterocycles. The van der Waals surface area contributed by atoms with E-state index in [2.05, 4.69) is 5.10 Å². The minimum absolute atomic E-state index is 0.502. The smallest absolute Gasteiger partial charge is 0.298 e. The van der Waals surface area contributed by atoms with Crippen molar-refractivity contribution in [2.75, 3.05) is 0 Å². The van der Waals surface area contributed by atoms with Gasteiger partial charge in [-0.3, -0.25) is 4.79 Å². The molecule has 0 atom stereocenters. The quantitative estimate of drug-likeness (QED) is 0.748. The van der Waals surface area contributed by atoms with Gasteiger partial charge in [0, 0.05) is 17.3 Å². The van der Waals surface area contributed by atoms with Gasteiger partial charge in [0.05, 0.1) is 6.20 Å². The maximum absolute atomic E-state index is 12.3. The number of aldehydes is 1. The molecule has 0 amide bonds. The number of nitrogens with zero attached hydrogens (tertiary/aromatic N) is 2. The van der Waals surface area contributed by atoms with Crippen LogP contribution in [0.15, 0.2) is 36.7 Å². The van der Waals surface area contributed by atoms with Gasteiger partial charge >= 0.3 is 6.55 Å². The molecule has 1 aromatic carbocycles. The Balaban J connectivity index is 2.38. The Kier molecular flexibility index (Phi) is 2.76. The molecule has 2 aromatic rings. The Morgan fingerprint density at radius 3 is 2.75 bits per heavy atom. The molecule has 82 valence electrons. The maximum atomic E-state index is 12.3. The van der Waals surface area contributed by atoms with Crippen LogP contribution in [-0.4, -0.2) is 16.1 Å². The molecule has 0 saturated carbocycles. The summed E-state index contributed by atoms with van der Waals surface area (Å²) in [5, 5.41) is 3.53. The van der Waals surface area contributed by atoms with E-state index >= 15 is 0 Å². The molecule has 0 spiro atoms. The van der Waals surface area contributed by atoms with Crippen molar-refractivity contribution >= 4 is 6.29 Å². The van der Waals surface area contributed by atoms with Gasteiger partial charge in [0.1, 0.15) is 6.29 Å². The molecule has 0 fully saturated rings. The molecule has 1 aromatic heterocycles. The van der Waals surface area contributed by atoms with Crippen molar-refractivity contribution in [1.82, 2.24) is 9.78 Å². The summed E-state index contributed by atoms with van der Waals surface area (Å²) in [6.07, 6.45) is 3.30. The maximum Gasteiger partial charge on any atom is 0.333 e. The predicted octanol–water partition coefficient (Wildman–Crippen LogP) is 2.76. The summed E-state index contributed by atoms with van der Waals surface area (Å²) in [4.78, 5) is 10.6. The van der Waals surface area contributed by atoms with E-state index in [4.69, 9.17) is 0 Å². The second-order valence-corrected chi connectivity index (χ2v) is 3.23. The Morgan fingerprint density at radius 2 is 2.12 bits per heavy atom. The molecule has 0 saturated heterocycles. The Hall–Kier alpha value is -2.04. The van der Waals surface area contributed by atoms with Crippen molar-refractivity contribution in [1.29, 1.82) is 0 Å². The summed E-state index contributed by atoms with van der Waals surface area (Å²) in [7, 11) is 0. The number of hydrogen-bond donors (Lipinski definition) is 0. The van der Waals surface area contributed by atoms with Gasteiger partial charge in [-0.2, -0.15) is 13.9 Å². The number of carbonyl (C=O) groups excluding carboxylic acids is 1. The zero-order valence-corrected chi connectivity index (χ0v) is 8.18. The van der Waals surface area contributed by atoms with Crippen LogP contribution in [0.4, 0.5) is 8.78 Å². The lowest BCUT2D eigenvalue weighted by atomic mass is 10.1. The fourth-order valence-electron chi connectivity index (χ4n) is 1.39. The van der Waals surface area contributed by atoms with Crippen LogP contribution >= 0.6 is 0 Å². The topological polar surface area (TPSA) is 34.9 Å². The van der Waals surface area contributed by atoms with Crippen LogP contribution < -0.4 is 0 Å². The number of halogens is 2. The molecule has 0 bridgehead atoms. The first-order valence-electron chi connectivity index (χ1n) is 4.58. The van der Waals surface area contributed by atoms with E-state index in [0.29, 0.717) is 27.7 Å². The van der Waals surface area contributed by atoms with E-state index in [1.807, 2.05) is 0 Å². The lowest BCUT2D eigenvalue weighted by Crippen LogP contribution is -1.96. The van der Waals surface area contributed by atoms with E-state index in [0.717, 1.165) is 0 Å². The normalized spacial score (nSPS) is 10.7. The Labute approximate surface area is 90.3 Å². The molecule has 0 unspecified atom stereocenters. The first-order chi connectivity index (χ1) is 7.70. The minimum atomic E-state index is -2.65. The fraction of sp³-hybridized carbons (Fsp3) is 0.0909. The Morgan fingerprint density at radius 1 is 1.31 bits per heavy atom. The van der Waals surface area contributed by atoms with Crippen molar-refractivity contribution in [2.45, 2.75) is 6.55 Å². The fourth-order valence-corrected chi connectivity index (χ4v) is 1.39. The molecule has 1 heterocycles. The molecular weight excluding hydrogens is 214 g/mol. The zero-order valence-electron chi connectivity index (χ0n) is 8.18. The molecule has 0 N–H and O–H groups in total. The monoisotopic (exact) mass is 222 g/mol. The number of hydrogen-bond acceptors (Lipinski definition) is 2. The van der Waals surface area contributed by atoms with Gasteiger partial charge in [-0.1, -0.05) is 18.2 Å². The van der Waals surface area contributed by atoms with Crippen molar-refractivity contribution in [3.63, 3.8) is 0 Å². The van der Waals surface area contributed by atoms with Gasteiger partial charge in [0.25, 0.3) is 0 Å². The summed E-state index contributed by atoms with van der Waals surface area (Å²) < 4.78 is 25.1.